The molecule has 4 aromatic rings. The van der Waals surface area contributed by atoms with E-state index in [-0.39, 0.29) is 43.3 Å². The van der Waals surface area contributed by atoms with Gasteiger partial charge in [0.25, 0.3) is 5.91 Å². The van der Waals surface area contributed by atoms with E-state index >= 15 is 0 Å². The number of terminal acetylenes is 1. The van der Waals surface area contributed by atoms with Crippen molar-refractivity contribution in [2.24, 2.45) is 0 Å². The van der Waals surface area contributed by atoms with Gasteiger partial charge in [-0.1, -0.05) is 31.4 Å². The van der Waals surface area contributed by atoms with E-state index in [1.807, 2.05) is 43.4 Å². The molecule has 5 rings (SSSR count). The van der Waals surface area contributed by atoms with Gasteiger partial charge in [0, 0.05) is 41.4 Å². The van der Waals surface area contributed by atoms with E-state index < -0.39 is 29.7 Å². The van der Waals surface area contributed by atoms with Crippen molar-refractivity contribution in [2.75, 3.05) is 20.1 Å². The summed E-state index contributed by atoms with van der Waals surface area (Å²) in [5.74, 6) is 1.15. The summed E-state index contributed by atoms with van der Waals surface area (Å²) in [5, 5.41) is 17.9. The van der Waals surface area contributed by atoms with Crippen molar-refractivity contribution in [1.29, 1.82) is 0 Å². The molecule has 256 valence electrons. The fourth-order valence-corrected chi connectivity index (χ4v) is 5.78. The van der Waals surface area contributed by atoms with Gasteiger partial charge in [0.05, 0.1) is 18.3 Å². The van der Waals surface area contributed by atoms with E-state index in [0.717, 1.165) is 55.0 Å². The minimum absolute atomic E-state index is 0. The second kappa shape index (κ2) is 17.6. The van der Waals surface area contributed by atoms with Gasteiger partial charge >= 0.3 is 0 Å². The Kier molecular flexibility index (Phi) is 14.2. The summed E-state index contributed by atoms with van der Waals surface area (Å²) in [6, 6.07) is 15.5. The highest BCUT2D eigenvalue weighted by molar-refractivity contribution is 5.95. The maximum Gasteiger partial charge on any atom is 0.251 e. The van der Waals surface area contributed by atoms with Crippen molar-refractivity contribution < 1.29 is 23.1 Å². The number of hydrogen-bond donors (Lipinski definition) is 3. The van der Waals surface area contributed by atoms with E-state index in [2.05, 4.69) is 33.4 Å². The third kappa shape index (κ3) is 10.1. The Morgan fingerprint density at radius 2 is 1.85 bits per heavy atom. The van der Waals surface area contributed by atoms with Gasteiger partial charge in [-0.2, -0.15) is 0 Å². The summed E-state index contributed by atoms with van der Waals surface area (Å²) < 4.78 is 33.8. The molecule has 1 aromatic heterocycles. The monoisotopic (exact) mass is 698 g/mol. The molecule has 1 fully saturated rings. The van der Waals surface area contributed by atoms with Crippen LogP contribution in [0.4, 0.5) is 8.78 Å². The average molecular weight is 700 g/mol. The van der Waals surface area contributed by atoms with Gasteiger partial charge in [-0.3, -0.25) is 4.79 Å². The van der Waals surface area contributed by atoms with Crippen LogP contribution in [0.5, 0.6) is 0 Å². The molecular weight excluding hydrogens is 657 g/mol. The van der Waals surface area contributed by atoms with Gasteiger partial charge in [0.2, 0.25) is 5.89 Å². The Hall–Kier alpha value is -3.78. The van der Waals surface area contributed by atoms with Crippen molar-refractivity contribution in [1.82, 2.24) is 20.5 Å². The van der Waals surface area contributed by atoms with Crippen LogP contribution in [0.3, 0.4) is 0 Å². The van der Waals surface area contributed by atoms with Crippen molar-refractivity contribution in [2.45, 2.75) is 63.3 Å². The molecule has 0 radical (unpaired) electrons. The van der Waals surface area contributed by atoms with Crippen molar-refractivity contribution in [3.63, 3.8) is 0 Å². The maximum absolute atomic E-state index is 14.1. The molecule has 1 aliphatic rings. The zero-order valence-electron chi connectivity index (χ0n) is 27.0. The number of aliphatic hydroxyl groups excluding tert-OH is 1. The number of oxazole rings is 1. The van der Waals surface area contributed by atoms with Crippen LogP contribution >= 0.6 is 24.8 Å². The number of unbranched alkanes of at least 4 members (excludes halogenated alkanes) is 1. The first-order valence-electron chi connectivity index (χ1n) is 15.7. The molecule has 2 atom stereocenters. The molecule has 11 heteroatoms. The third-order valence-corrected chi connectivity index (χ3v) is 8.42. The Balaban J connectivity index is 0.00000312. The summed E-state index contributed by atoms with van der Waals surface area (Å²) in [5.41, 5.74) is 3.68. The number of halogens is 4. The lowest BCUT2D eigenvalue weighted by molar-refractivity contribution is 0.0822. The van der Waals surface area contributed by atoms with Crippen molar-refractivity contribution in [3.8, 4) is 23.8 Å². The fourth-order valence-electron chi connectivity index (χ4n) is 5.78. The molecule has 7 nitrogen and oxygen atoms in total. The molecule has 3 N–H and O–H groups in total. The number of benzene rings is 3. The zero-order valence-corrected chi connectivity index (χ0v) is 28.7. The van der Waals surface area contributed by atoms with Gasteiger partial charge in [-0.15, -0.1) is 31.2 Å². The number of nitrogens with zero attached hydrogens (tertiary/aromatic N) is 2. The predicted octanol–water partition coefficient (Wildman–Crippen LogP) is 6.66. The quantitative estimate of drug-likeness (QED) is 0.120. The minimum Gasteiger partial charge on any atom is -0.445 e. The first-order chi connectivity index (χ1) is 22.2. The van der Waals surface area contributed by atoms with E-state index in [1.165, 1.54) is 18.4 Å². The fraction of sp³-hybridized carbons (Fsp3) is 0.351. The SMILES string of the molecule is C#Cc1cccc(C2(NC[C@H](O)[C@H](Cc3cc(F)cc(F)c3)NC(=O)c3cc(CN(C)CCCC)cc(-c4ncco4)c3)CC2)c1.Cl.Cl. The topological polar surface area (TPSA) is 90.6 Å². The van der Waals surface area contributed by atoms with Crippen molar-refractivity contribution >= 4 is 30.7 Å². The standard InChI is InChI=1S/C37H40F2N4O3.2ClH/c1-4-6-13-43(3)24-27-15-28(21-29(16-27)36-40-12-14-46-36)35(45)42-33(20-26-18-31(38)22-32(39)19-26)34(44)23-41-37(10-11-37)30-9-7-8-25(5-2)17-30;;/h2,7-9,12,14-19,21-22,33-34,41,44H,4,6,10-11,13,20,23-24H2,1,3H3,(H,42,45);2*1H/t33-,34-;;/m0../s1. The Bertz CT molecular complexity index is 1670. The van der Waals surface area contributed by atoms with Crippen LogP contribution in [0.2, 0.25) is 0 Å². The van der Waals surface area contributed by atoms with E-state index in [0.29, 0.717) is 29.1 Å². The van der Waals surface area contributed by atoms with Crippen molar-refractivity contribution in [3.05, 3.63) is 113 Å². The number of aromatic nitrogens is 1. The van der Waals surface area contributed by atoms with Gasteiger partial charge in [-0.05, 0) is 98.4 Å². The number of amides is 1. The Morgan fingerprint density at radius 3 is 2.50 bits per heavy atom. The molecule has 1 aliphatic carbocycles. The maximum atomic E-state index is 14.1. The first kappa shape index (κ1) is 38.7. The molecule has 0 spiro atoms. The van der Waals surface area contributed by atoms with Gasteiger partial charge in [0.1, 0.15) is 17.9 Å². The number of nitrogens with one attached hydrogen (secondary N) is 2. The van der Waals surface area contributed by atoms with E-state index in [9.17, 15) is 18.7 Å². The molecule has 1 saturated carbocycles. The number of rotatable bonds is 15. The summed E-state index contributed by atoms with van der Waals surface area (Å²) in [6.07, 6.45) is 11.4. The third-order valence-electron chi connectivity index (χ3n) is 8.42. The number of carbonyl (C=O) groups is 1. The van der Waals surface area contributed by atoms with E-state index in [4.69, 9.17) is 10.8 Å². The average Bonchev–Trinajstić information content (AvgIpc) is 3.63. The van der Waals surface area contributed by atoms with Gasteiger partial charge in [0.15, 0.2) is 0 Å². The smallest absolute Gasteiger partial charge is 0.251 e. The molecule has 0 saturated heterocycles. The Labute approximate surface area is 293 Å². The lowest BCUT2D eigenvalue weighted by atomic mass is 9.98. The molecule has 0 bridgehead atoms. The van der Waals surface area contributed by atoms with Crippen LogP contribution in [0.25, 0.3) is 11.5 Å². The molecule has 3 aromatic carbocycles. The first-order valence-corrected chi connectivity index (χ1v) is 15.7. The Morgan fingerprint density at radius 1 is 1.10 bits per heavy atom. The highest BCUT2D eigenvalue weighted by Crippen LogP contribution is 2.45. The molecule has 1 heterocycles. The summed E-state index contributed by atoms with van der Waals surface area (Å²) in [7, 11) is 2.03. The van der Waals surface area contributed by atoms with Gasteiger partial charge in [-0.25, -0.2) is 13.8 Å². The normalized spacial score (nSPS) is 14.3. The van der Waals surface area contributed by atoms with Crippen LogP contribution in [0, 0.1) is 24.0 Å². The highest BCUT2D eigenvalue weighted by atomic mass is 35.5. The molecule has 0 unspecified atom stereocenters. The predicted molar refractivity (Wildman–Crippen MR) is 188 cm³/mol. The summed E-state index contributed by atoms with van der Waals surface area (Å²) >= 11 is 0. The highest BCUT2D eigenvalue weighted by Gasteiger charge is 2.44. The second-order valence-corrected chi connectivity index (χ2v) is 12.2. The van der Waals surface area contributed by atoms with Crippen LogP contribution < -0.4 is 10.6 Å². The number of hydrogen-bond acceptors (Lipinski definition) is 6. The summed E-state index contributed by atoms with van der Waals surface area (Å²) in [4.78, 5) is 20.3. The summed E-state index contributed by atoms with van der Waals surface area (Å²) in [6.45, 7) is 3.78. The minimum atomic E-state index is -1.09. The lowest BCUT2D eigenvalue weighted by Crippen LogP contribution is -2.50. The van der Waals surface area contributed by atoms with Gasteiger partial charge < -0.3 is 25.1 Å². The molecule has 1 amide bonds. The zero-order chi connectivity index (χ0) is 32.7. The van der Waals surface area contributed by atoms with E-state index in [1.54, 1.807) is 12.3 Å². The van der Waals surface area contributed by atoms with Crippen LogP contribution in [0.1, 0.15) is 65.2 Å². The van der Waals surface area contributed by atoms with Crippen LogP contribution in [-0.4, -0.2) is 53.2 Å². The number of carbonyl (C=O) groups excluding carboxylic acids is 1. The molecule has 48 heavy (non-hydrogen) atoms. The largest absolute Gasteiger partial charge is 0.445 e. The second-order valence-electron chi connectivity index (χ2n) is 12.2. The lowest BCUT2D eigenvalue weighted by Gasteiger charge is -2.27. The van der Waals surface area contributed by atoms with Crippen LogP contribution in [0.15, 0.2) is 77.5 Å². The molecule has 0 aliphatic heterocycles. The number of aliphatic hydroxyl groups is 1. The molecular formula is C37H42Cl2F2N4O3. The van der Waals surface area contributed by atoms with Crippen LogP contribution in [-0.2, 0) is 18.5 Å².